The molecule has 0 saturated carbocycles. The van der Waals surface area contributed by atoms with Crippen molar-refractivity contribution in [3.8, 4) is 5.69 Å². The highest BCUT2D eigenvalue weighted by Crippen LogP contribution is 2.19. The minimum Gasteiger partial charge on any atom is -0.320 e. The summed E-state index contributed by atoms with van der Waals surface area (Å²) in [4.78, 5) is 12.7. The Morgan fingerprint density at radius 1 is 0.920 bits per heavy atom. The zero-order valence-electron chi connectivity index (χ0n) is 15.2. The lowest BCUT2D eigenvalue weighted by Gasteiger charge is -2.09. The fourth-order valence-corrected chi connectivity index (χ4v) is 2.91. The van der Waals surface area contributed by atoms with Gasteiger partial charge in [0.05, 0.1) is 11.4 Å². The summed E-state index contributed by atoms with van der Waals surface area (Å²) in [6.07, 6.45) is 0. The maximum atomic E-state index is 12.7. The lowest BCUT2D eigenvalue weighted by molar-refractivity contribution is 0.102. The standard InChI is InChI=1S/C20H22N4O/c1-12-6-7-15(4)18(11-12)21-20(25)19-16(5)24(23-22-19)17-9-13(2)8-14(3)10-17/h6-11H,1-5H3,(H,21,25). The second kappa shape index (κ2) is 6.51. The van der Waals surface area contributed by atoms with Gasteiger partial charge in [0, 0.05) is 5.69 Å². The van der Waals surface area contributed by atoms with Crippen molar-refractivity contribution in [3.05, 3.63) is 70.0 Å². The van der Waals surface area contributed by atoms with Crippen molar-refractivity contribution in [2.45, 2.75) is 34.6 Å². The van der Waals surface area contributed by atoms with Crippen molar-refractivity contribution < 1.29 is 4.79 Å². The summed E-state index contributed by atoms with van der Waals surface area (Å²) in [5.41, 5.74) is 7.15. The number of carbonyl (C=O) groups is 1. The molecule has 0 aliphatic heterocycles. The van der Waals surface area contributed by atoms with Gasteiger partial charge in [-0.2, -0.15) is 0 Å². The van der Waals surface area contributed by atoms with E-state index in [0.717, 1.165) is 33.6 Å². The second-order valence-electron chi connectivity index (χ2n) is 6.55. The minimum atomic E-state index is -0.248. The summed E-state index contributed by atoms with van der Waals surface area (Å²) in [7, 11) is 0. The first-order chi connectivity index (χ1) is 11.8. The maximum Gasteiger partial charge on any atom is 0.278 e. The smallest absolute Gasteiger partial charge is 0.278 e. The van der Waals surface area contributed by atoms with Crippen LogP contribution in [0.1, 0.15) is 38.4 Å². The molecular weight excluding hydrogens is 312 g/mol. The molecule has 0 spiro atoms. The van der Waals surface area contributed by atoms with Gasteiger partial charge in [0.15, 0.2) is 5.69 Å². The maximum absolute atomic E-state index is 12.7. The molecule has 1 heterocycles. The molecule has 3 rings (SSSR count). The van der Waals surface area contributed by atoms with Gasteiger partial charge in [-0.15, -0.1) is 5.10 Å². The van der Waals surface area contributed by atoms with Crippen LogP contribution >= 0.6 is 0 Å². The fraction of sp³-hybridized carbons (Fsp3) is 0.250. The summed E-state index contributed by atoms with van der Waals surface area (Å²) in [5, 5.41) is 11.2. The molecule has 0 aliphatic carbocycles. The minimum absolute atomic E-state index is 0.248. The highest BCUT2D eigenvalue weighted by Gasteiger charge is 2.18. The van der Waals surface area contributed by atoms with Crippen LogP contribution in [0.25, 0.3) is 5.69 Å². The molecular formula is C20H22N4O. The number of aromatic nitrogens is 3. The third-order valence-electron chi connectivity index (χ3n) is 4.20. The summed E-state index contributed by atoms with van der Waals surface area (Å²) in [6, 6.07) is 12.1. The predicted octanol–water partition coefficient (Wildman–Crippen LogP) is 4.06. The van der Waals surface area contributed by atoms with Crippen molar-refractivity contribution in [1.82, 2.24) is 15.0 Å². The van der Waals surface area contributed by atoms with E-state index in [1.807, 2.05) is 65.0 Å². The molecule has 5 heteroatoms. The van der Waals surface area contributed by atoms with Gasteiger partial charge in [-0.1, -0.05) is 23.4 Å². The Bertz CT molecular complexity index is 936. The monoisotopic (exact) mass is 334 g/mol. The van der Waals surface area contributed by atoms with Crippen LogP contribution in [-0.4, -0.2) is 20.9 Å². The van der Waals surface area contributed by atoms with Crippen molar-refractivity contribution in [2.75, 3.05) is 5.32 Å². The SMILES string of the molecule is Cc1cc(C)cc(-n2nnc(C(=O)Nc3cc(C)ccc3C)c2C)c1. The van der Waals surface area contributed by atoms with E-state index in [9.17, 15) is 4.79 Å². The number of nitrogens with zero attached hydrogens (tertiary/aromatic N) is 3. The summed E-state index contributed by atoms with van der Waals surface area (Å²) in [5.74, 6) is -0.248. The van der Waals surface area contributed by atoms with Gasteiger partial charge in [0.25, 0.3) is 5.91 Å². The van der Waals surface area contributed by atoms with E-state index < -0.39 is 0 Å². The van der Waals surface area contributed by atoms with Crippen LogP contribution in [0.5, 0.6) is 0 Å². The summed E-state index contributed by atoms with van der Waals surface area (Å²) < 4.78 is 1.71. The molecule has 1 amide bonds. The molecule has 3 aromatic rings. The van der Waals surface area contributed by atoms with Gasteiger partial charge in [0.1, 0.15) is 0 Å². The van der Waals surface area contributed by atoms with Crippen LogP contribution in [0.15, 0.2) is 36.4 Å². The number of hydrogen-bond donors (Lipinski definition) is 1. The first kappa shape index (κ1) is 16.9. The molecule has 2 aromatic carbocycles. The molecule has 0 saturated heterocycles. The van der Waals surface area contributed by atoms with Gasteiger partial charge in [0.2, 0.25) is 0 Å². The Kier molecular flexibility index (Phi) is 4.40. The van der Waals surface area contributed by atoms with Crippen molar-refractivity contribution in [3.63, 3.8) is 0 Å². The molecule has 0 bridgehead atoms. The topological polar surface area (TPSA) is 59.8 Å². The summed E-state index contributed by atoms with van der Waals surface area (Å²) in [6.45, 7) is 9.90. The van der Waals surface area contributed by atoms with E-state index in [0.29, 0.717) is 11.4 Å². The molecule has 1 N–H and O–H groups in total. The number of hydrogen-bond acceptors (Lipinski definition) is 3. The highest BCUT2D eigenvalue weighted by molar-refractivity contribution is 6.04. The van der Waals surface area contributed by atoms with Gasteiger partial charge in [-0.05, 0) is 75.1 Å². The van der Waals surface area contributed by atoms with Gasteiger partial charge >= 0.3 is 0 Å². The van der Waals surface area contributed by atoms with E-state index in [1.165, 1.54) is 0 Å². The van der Waals surface area contributed by atoms with E-state index in [-0.39, 0.29) is 5.91 Å². The number of carbonyl (C=O) groups excluding carboxylic acids is 1. The zero-order chi connectivity index (χ0) is 18.1. The number of aryl methyl sites for hydroxylation is 4. The van der Waals surface area contributed by atoms with E-state index in [1.54, 1.807) is 4.68 Å². The number of anilines is 1. The summed E-state index contributed by atoms with van der Waals surface area (Å²) >= 11 is 0. The number of nitrogens with one attached hydrogen (secondary N) is 1. The van der Waals surface area contributed by atoms with Crippen molar-refractivity contribution in [1.29, 1.82) is 0 Å². The Labute approximate surface area is 147 Å². The molecule has 0 radical (unpaired) electrons. The molecule has 5 nitrogen and oxygen atoms in total. The molecule has 0 fully saturated rings. The number of amides is 1. The molecule has 1 aromatic heterocycles. The van der Waals surface area contributed by atoms with E-state index in [4.69, 9.17) is 0 Å². The first-order valence-corrected chi connectivity index (χ1v) is 8.25. The quantitative estimate of drug-likeness (QED) is 0.786. The van der Waals surface area contributed by atoms with Crippen molar-refractivity contribution in [2.24, 2.45) is 0 Å². The van der Waals surface area contributed by atoms with Crippen LogP contribution in [0.4, 0.5) is 5.69 Å². The fourth-order valence-electron chi connectivity index (χ4n) is 2.91. The number of rotatable bonds is 3. The van der Waals surface area contributed by atoms with Crippen LogP contribution in [0, 0.1) is 34.6 Å². The second-order valence-corrected chi connectivity index (χ2v) is 6.55. The molecule has 25 heavy (non-hydrogen) atoms. The highest BCUT2D eigenvalue weighted by atomic mass is 16.2. The van der Waals surface area contributed by atoms with Gasteiger partial charge in [-0.3, -0.25) is 4.79 Å². The largest absolute Gasteiger partial charge is 0.320 e. The third-order valence-corrected chi connectivity index (χ3v) is 4.20. The van der Waals surface area contributed by atoms with E-state index >= 15 is 0 Å². The molecule has 0 atom stereocenters. The Morgan fingerprint density at radius 3 is 2.28 bits per heavy atom. The number of benzene rings is 2. The molecule has 0 aliphatic rings. The predicted molar refractivity (Wildman–Crippen MR) is 99.4 cm³/mol. The Morgan fingerprint density at radius 2 is 1.60 bits per heavy atom. The Hall–Kier alpha value is -2.95. The van der Waals surface area contributed by atoms with Crippen LogP contribution in [-0.2, 0) is 0 Å². The molecule has 128 valence electrons. The normalized spacial score (nSPS) is 10.8. The van der Waals surface area contributed by atoms with Crippen LogP contribution in [0.3, 0.4) is 0 Å². The Balaban J connectivity index is 1.92. The zero-order valence-corrected chi connectivity index (χ0v) is 15.2. The molecule has 0 unspecified atom stereocenters. The van der Waals surface area contributed by atoms with E-state index in [2.05, 4.69) is 21.7 Å². The average molecular weight is 334 g/mol. The lowest BCUT2D eigenvalue weighted by Crippen LogP contribution is -2.15. The lowest BCUT2D eigenvalue weighted by atomic mass is 10.1. The first-order valence-electron chi connectivity index (χ1n) is 8.25. The van der Waals surface area contributed by atoms with Crippen LogP contribution in [0.2, 0.25) is 0 Å². The van der Waals surface area contributed by atoms with Crippen molar-refractivity contribution >= 4 is 11.6 Å². The van der Waals surface area contributed by atoms with Gasteiger partial charge < -0.3 is 5.32 Å². The third kappa shape index (κ3) is 3.45. The van der Waals surface area contributed by atoms with Crippen LogP contribution < -0.4 is 5.32 Å². The average Bonchev–Trinajstić information content (AvgIpc) is 2.91. The van der Waals surface area contributed by atoms with Gasteiger partial charge in [-0.25, -0.2) is 4.68 Å².